The van der Waals surface area contributed by atoms with Gasteiger partial charge in [-0.05, 0) is 49.4 Å². The number of benzene rings is 1. The van der Waals surface area contributed by atoms with Gasteiger partial charge in [0.2, 0.25) is 5.91 Å². The van der Waals surface area contributed by atoms with E-state index in [0.29, 0.717) is 5.92 Å². The van der Waals surface area contributed by atoms with Gasteiger partial charge < -0.3 is 15.0 Å². The lowest BCUT2D eigenvalue weighted by molar-refractivity contribution is -0.118. The van der Waals surface area contributed by atoms with E-state index in [1.165, 1.54) is 11.3 Å². The van der Waals surface area contributed by atoms with Gasteiger partial charge in [-0.25, -0.2) is 0 Å². The summed E-state index contributed by atoms with van der Waals surface area (Å²) in [5, 5.41) is 3.08. The predicted octanol–water partition coefficient (Wildman–Crippen LogP) is 3.70. The Labute approximate surface area is 144 Å². The second-order valence-electron chi connectivity index (χ2n) is 7.70. The summed E-state index contributed by atoms with van der Waals surface area (Å²) in [6.45, 7) is 11.9. The predicted molar refractivity (Wildman–Crippen MR) is 98.3 cm³/mol. The first kappa shape index (κ1) is 17.0. The van der Waals surface area contributed by atoms with Crippen LogP contribution >= 0.6 is 0 Å². The van der Waals surface area contributed by atoms with Crippen LogP contribution in [0.2, 0.25) is 0 Å². The van der Waals surface area contributed by atoms with Crippen LogP contribution in [0.4, 0.5) is 11.4 Å². The van der Waals surface area contributed by atoms with Crippen LogP contribution < -0.4 is 10.2 Å². The number of morpholine rings is 1. The van der Waals surface area contributed by atoms with Gasteiger partial charge in [0, 0.05) is 24.5 Å². The molecule has 1 N–H and O–H groups in total. The average molecular weight is 328 g/mol. The number of allylic oxidation sites excluding steroid dienone is 2. The molecule has 1 amide bonds. The second kappa shape index (κ2) is 6.60. The summed E-state index contributed by atoms with van der Waals surface area (Å²) in [6, 6.07) is 8.14. The highest BCUT2D eigenvalue weighted by Crippen LogP contribution is 2.59. The molecule has 2 atom stereocenters. The molecule has 0 spiro atoms. The first-order chi connectivity index (χ1) is 11.4. The summed E-state index contributed by atoms with van der Waals surface area (Å²) in [5.41, 5.74) is 3.38. The van der Waals surface area contributed by atoms with Crippen LogP contribution in [0.5, 0.6) is 0 Å². The third-order valence-corrected chi connectivity index (χ3v) is 5.22. The van der Waals surface area contributed by atoms with Gasteiger partial charge in [0.25, 0.3) is 0 Å². The van der Waals surface area contributed by atoms with Crippen molar-refractivity contribution in [1.82, 2.24) is 0 Å². The number of hydrogen-bond donors (Lipinski definition) is 1. The Bertz CT molecular complexity index is 624. The highest BCUT2D eigenvalue weighted by Gasteiger charge is 2.60. The van der Waals surface area contributed by atoms with E-state index in [1.54, 1.807) is 0 Å². The molecule has 1 aromatic carbocycles. The van der Waals surface area contributed by atoms with Gasteiger partial charge in [0.05, 0.1) is 19.1 Å². The molecule has 3 rings (SSSR count). The largest absolute Gasteiger partial charge is 0.378 e. The molecule has 24 heavy (non-hydrogen) atoms. The minimum atomic E-state index is 0.0507. The Morgan fingerprint density at radius 1 is 1.21 bits per heavy atom. The van der Waals surface area contributed by atoms with Gasteiger partial charge in [-0.3, -0.25) is 4.79 Å². The lowest BCUT2D eigenvalue weighted by Gasteiger charge is -2.28. The molecule has 0 radical (unpaired) electrons. The lowest BCUT2D eigenvalue weighted by atomic mass is 10.1. The number of carbonyl (C=O) groups is 1. The minimum absolute atomic E-state index is 0.0507. The van der Waals surface area contributed by atoms with E-state index in [1.807, 2.05) is 12.1 Å². The van der Waals surface area contributed by atoms with E-state index in [9.17, 15) is 4.79 Å². The van der Waals surface area contributed by atoms with Gasteiger partial charge in [-0.1, -0.05) is 25.5 Å². The number of carbonyl (C=O) groups excluding carboxylic acids is 1. The number of amides is 1. The van der Waals surface area contributed by atoms with Crippen molar-refractivity contribution in [2.24, 2.45) is 17.3 Å². The summed E-state index contributed by atoms with van der Waals surface area (Å²) in [6.07, 6.45) is 2.23. The standard InChI is InChI=1S/C20H28N2O2/c1-14(2)13-17-18(20(17,3)4)19(23)21-15-5-7-16(8-6-15)22-9-11-24-12-10-22/h5-8,13,17-18H,9-12H2,1-4H3,(H,21,23). The summed E-state index contributed by atoms with van der Waals surface area (Å²) in [5.74, 6) is 0.531. The van der Waals surface area contributed by atoms with E-state index in [2.05, 4.69) is 56.1 Å². The summed E-state index contributed by atoms with van der Waals surface area (Å²) >= 11 is 0. The molecular formula is C20H28N2O2. The molecule has 2 aliphatic rings. The molecule has 0 bridgehead atoms. The molecule has 1 saturated carbocycles. The first-order valence-corrected chi connectivity index (χ1v) is 8.78. The molecule has 4 nitrogen and oxygen atoms in total. The van der Waals surface area contributed by atoms with Crippen molar-refractivity contribution in [3.8, 4) is 0 Å². The molecular weight excluding hydrogens is 300 g/mol. The number of nitrogens with one attached hydrogen (secondary N) is 1. The molecule has 1 saturated heterocycles. The minimum Gasteiger partial charge on any atom is -0.378 e. The van der Waals surface area contributed by atoms with Gasteiger partial charge in [0.15, 0.2) is 0 Å². The average Bonchev–Trinajstić information content (AvgIpc) is 3.08. The monoisotopic (exact) mass is 328 g/mol. The van der Waals surface area contributed by atoms with Gasteiger partial charge in [0.1, 0.15) is 0 Å². The van der Waals surface area contributed by atoms with Crippen molar-refractivity contribution in [2.45, 2.75) is 27.7 Å². The quantitative estimate of drug-likeness (QED) is 0.857. The fourth-order valence-electron chi connectivity index (χ4n) is 3.65. The maximum Gasteiger partial charge on any atom is 0.228 e. The molecule has 1 aliphatic carbocycles. The van der Waals surface area contributed by atoms with Gasteiger partial charge in [-0.15, -0.1) is 0 Å². The number of ether oxygens (including phenoxy) is 1. The Morgan fingerprint density at radius 3 is 2.42 bits per heavy atom. The zero-order valence-corrected chi connectivity index (χ0v) is 15.1. The molecule has 1 aliphatic heterocycles. The highest BCUT2D eigenvalue weighted by atomic mass is 16.5. The summed E-state index contributed by atoms with van der Waals surface area (Å²) in [7, 11) is 0. The third-order valence-electron chi connectivity index (χ3n) is 5.22. The topological polar surface area (TPSA) is 41.6 Å². The first-order valence-electron chi connectivity index (χ1n) is 8.78. The molecule has 2 fully saturated rings. The molecule has 0 aromatic heterocycles. The summed E-state index contributed by atoms with van der Waals surface area (Å²) < 4.78 is 5.38. The fraction of sp³-hybridized carbons (Fsp3) is 0.550. The van der Waals surface area contributed by atoms with Crippen LogP contribution in [0.3, 0.4) is 0 Å². The zero-order chi connectivity index (χ0) is 17.3. The van der Waals surface area contributed by atoms with E-state index < -0.39 is 0 Å². The van der Waals surface area contributed by atoms with Crippen LogP contribution in [-0.2, 0) is 9.53 Å². The molecule has 1 heterocycles. The van der Waals surface area contributed by atoms with Crippen molar-refractivity contribution < 1.29 is 9.53 Å². The van der Waals surface area contributed by atoms with Crippen LogP contribution in [0.15, 0.2) is 35.9 Å². The van der Waals surface area contributed by atoms with Crippen molar-refractivity contribution in [3.05, 3.63) is 35.9 Å². The zero-order valence-electron chi connectivity index (χ0n) is 15.1. The van der Waals surface area contributed by atoms with Gasteiger partial charge in [-0.2, -0.15) is 0 Å². The molecule has 1 aromatic rings. The van der Waals surface area contributed by atoms with Gasteiger partial charge >= 0.3 is 0 Å². The van der Waals surface area contributed by atoms with Crippen molar-refractivity contribution in [1.29, 1.82) is 0 Å². The normalized spacial score (nSPS) is 25.1. The SMILES string of the molecule is CC(C)=CC1C(C(=O)Nc2ccc(N3CCOCC3)cc2)C1(C)C. The maximum absolute atomic E-state index is 12.6. The number of nitrogens with zero attached hydrogens (tertiary/aromatic N) is 1. The van der Waals surface area contributed by atoms with E-state index >= 15 is 0 Å². The summed E-state index contributed by atoms with van der Waals surface area (Å²) in [4.78, 5) is 14.9. The third kappa shape index (κ3) is 3.48. The molecule has 2 unspecified atom stereocenters. The highest BCUT2D eigenvalue weighted by molar-refractivity contribution is 5.95. The van der Waals surface area contributed by atoms with Crippen LogP contribution in [0.1, 0.15) is 27.7 Å². The molecule has 130 valence electrons. The smallest absolute Gasteiger partial charge is 0.228 e. The lowest BCUT2D eigenvalue weighted by Crippen LogP contribution is -2.36. The van der Waals surface area contributed by atoms with Crippen molar-refractivity contribution in [3.63, 3.8) is 0 Å². The van der Waals surface area contributed by atoms with Crippen LogP contribution in [0.25, 0.3) is 0 Å². The van der Waals surface area contributed by atoms with Crippen molar-refractivity contribution in [2.75, 3.05) is 36.5 Å². The van der Waals surface area contributed by atoms with E-state index in [-0.39, 0.29) is 17.2 Å². The van der Waals surface area contributed by atoms with Crippen molar-refractivity contribution >= 4 is 17.3 Å². The number of anilines is 2. The fourth-order valence-corrected chi connectivity index (χ4v) is 3.65. The number of rotatable bonds is 4. The van der Waals surface area contributed by atoms with E-state index in [0.717, 1.165) is 32.0 Å². The van der Waals surface area contributed by atoms with Crippen LogP contribution in [0, 0.1) is 17.3 Å². The Kier molecular flexibility index (Phi) is 4.68. The molecule has 4 heteroatoms. The number of hydrogen-bond acceptors (Lipinski definition) is 3. The van der Waals surface area contributed by atoms with E-state index in [4.69, 9.17) is 4.74 Å². The maximum atomic E-state index is 12.6. The van der Waals surface area contributed by atoms with Crippen LogP contribution in [-0.4, -0.2) is 32.2 Å². The Balaban J connectivity index is 1.62. The Hall–Kier alpha value is -1.81. The second-order valence-corrected chi connectivity index (χ2v) is 7.70. The Morgan fingerprint density at radius 2 is 1.83 bits per heavy atom.